The second kappa shape index (κ2) is 9.79. The van der Waals surface area contributed by atoms with Gasteiger partial charge in [-0.15, -0.1) is 0 Å². The number of pyridine rings is 1. The van der Waals surface area contributed by atoms with E-state index in [9.17, 15) is 18.4 Å². The zero-order chi connectivity index (χ0) is 28.8. The highest BCUT2D eigenvalue weighted by Crippen LogP contribution is 2.45. The average molecular weight is 553 g/mol. The van der Waals surface area contributed by atoms with Crippen molar-refractivity contribution in [3.05, 3.63) is 126 Å². The van der Waals surface area contributed by atoms with Crippen molar-refractivity contribution in [3.63, 3.8) is 0 Å². The summed E-state index contributed by atoms with van der Waals surface area (Å²) in [7, 11) is 0. The van der Waals surface area contributed by atoms with Crippen LogP contribution in [0.5, 0.6) is 0 Å². The van der Waals surface area contributed by atoms with Gasteiger partial charge in [0.05, 0.1) is 50.8 Å². The van der Waals surface area contributed by atoms with Crippen LogP contribution in [0.4, 0.5) is 13.2 Å². The van der Waals surface area contributed by atoms with Gasteiger partial charge in [0, 0.05) is 32.8 Å². The van der Waals surface area contributed by atoms with Crippen molar-refractivity contribution in [3.8, 4) is 39.8 Å². The van der Waals surface area contributed by atoms with E-state index >= 15 is 0 Å². The van der Waals surface area contributed by atoms with Gasteiger partial charge in [-0.25, -0.2) is 15.0 Å². The second-order valence-corrected chi connectivity index (χ2v) is 9.86. The summed E-state index contributed by atoms with van der Waals surface area (Å²) in [6, 6.07) is 35.5. The van der Waals surface area contributed by atoms with Gasteiger partial charge in [-0.3, -0.25) is 0 Å². The number of nitrogens with zero attached hydrogens (tertiary/aromatic N) is 4. The predicted octanol–water partition coefficient (Wildman–Crippen LogP) is 9.22. The molecule has 7 rings (SSSR count). The highest BCUT2D eigenvalue weighted by Gasteiger charge is 2.36. The molecule has 0 N–H and O–H groups in total. The lowest BCUT2D eigenvalue weighted by atomic mass is 9.93. The molecule has 0 unspecified atom stereocenters. The van der Waals surface area contributed by atoms with Crippen LogP contribution in [-0.2, 0) is 6.18 Å². The van der Waals surface area contributed by atoms with E-state index < -0.39 is 11.7 Å². The fraction of sp³-hybridized carbons (Fsp3) is 0.0286. The molecule has 0 saturated carbocycles. The second-order valence-electron chi connectivity index (χ2n) is 9.86. The SMILES string of the molecule is N#Cc1ccc(-c2nc3ccccc3c3c2c(C(F)(F)F)cc2nc(-c4ccccc4)c(-c4ccccc4)nc23)cc1. The number of aromatic nitrogens is 3. The zero-order valence-electron chi connectivity index (χ0n) is 21.9. The maximum atomic E-state index is 14.9. The van der Waals surface area contributed by atoms with Crippen LogP contribution < -0.4 is 0 Å². The first kappa shape index (κ1) is 25.4. The summed E-state index contributed by atoms with van der Waals surface area (Å²) in [5, 5.41) is 10.1. The number of benzene rings is 5. The molecule has 5 aromatic carbocycles. The van der Waals surface area contributed by atoms with Crippen molar-refractivity contribution >= 4 is 32.7 Å². The third-order valence-corrected chi connectivity index (χ3v) is 7.29. The first-order valence-electron chi connectivity index (χ1n) is 13.2. The van der Waals surface area contributed by atoms with Crippen molar-refractivity contribution in [2.24, 2.45) is 0 Å². The molecule has 2 aromatic heterocycles. The molecule has 0 spiro atoms. The molecule has 0 atom stereocenters. The molecule has 7 aromatic rings. The maximum Gasteiger partial charge on any atom is 0.417 e. The van der Waals surface area contributed by atoms with Crippen LogP contribution in [0.1, 0.15) is 11.1 Å². The highest BCUT2D eigenvalue weighted by molar-refractivity contribution is 6.22. The number of hydrogen-bond acceptors (Lipinski definition) is 4. The molecular formula is C35H19F3N4. The van der Waals surface area contributed by atoms with Crippen molar-refractivity contribution in [2.75, 3.05) is 0 Å². The zero-order valence-corrected chi connectivity index (χ0v) is 21.9. The van der Waals surface area contributed by atoms with Gasteiger partial charge < -0.3 is 0 Å². The fourth-order valence-electron chi connectivity index (χ4n) is 5.39. The van der Waals surface area contributed by atoms with Gasteiger partial charge in [-0.1, -0.05) is 91.0 Å². The lowest BCUT2D eigenvalue weighted by Gasteiger charge is -2.19. The molecule has 0 aliphatic carbocycles. The summed E-state index contributed by atoms with van der Waals surface area (Å²) < 4.78 is 44.7. The van der Waals surface area contributed by atoms with E-state index in [1.54, 1.807) is 48.5 Å². The number of para-hydroxylation sites is 1. The number of fused-ring (bicyclic) bond motifs is 5. The minimum atomic E-state index is -4.70. The van der Waals surface area contributed by atoms with E-state index in [0.29, 0.717) is 44.3 Å². The Morgan fingerprint density at radius 1 is 0.548 bits per heavy atom. The summed E-state index contributed by atoms with van der Waals surface area (Å²) in [5.41, 5.74) is 3.80. The van der Waals surface area contributed by atoms with E-state index in [-0.39, 0.29) is 16.6 Å². The van der Waals surface area contributed by atoms with E-state index in [2.05, 4.69) is 6.07 Å². The molecule has 2 heterocycles. The molecule has 0 aliphatic rings. The smallest absolute Gasteiger partial charge is 0.247 e. The fourth-order valence-corrected chi connectivity index (χ4v) is 5.39. The van der Waals surface area contributed by atoms with Crippen LogP contribution in [-0.4, -0.2) is 15.0 Å². The van der Waals surface area contributed by atoms with E-state index in [0.717, 1.165) is 17.2 Å². The minimum Gasteiger partial charge on any atom is -0.247 e. The molecule has 0 bridgehead atoms. The Labute approximate surface area is 238 Å². The molecule has 4 nitrogen and oxygen atoms in total. The number of halogens is 3. The third kappa shape index (κ3) is 4.21. The molecule has 0 aliphatic heterocycles. The van der Waals surface area contributed by atoms with Crippen LogP contribution in [0.3, 0.4) is 0 Å². The maximum absolute atomic E-state index is 14.9. The van der Waals surface area contributed by atoms with Crippen LogP contribution in [0, 0.1) is 11.3 Å². The van der Waals surface area contributed by atoms with Crippen molar-refractivity contribution < 1.29 is 13.2 Å². The van der Waals surface area contributed by atoms with Gasteiger partial charge in [-0.05, 0) is 24.3 Å². The van der Waals surface area contributed by atoms with Crippen molar-refractivity contribution in [2.45, 2.75) is 6.18 Å². The van der Waals surface area contributed by atoms with Gasteiger partial charge in [0.25, 0.3) is 0 Å². The van der Waals surface area contributed by atoms with E-state index in [4.69, 9.17) is 15.0 Å². The van der Waals surface area contributed by atoms with Gasteiger partial charge >= 0.3 is 6.18 Å². The molecule has 0 saturated heterocycles. The third-order valence-electron chi connectivity index (χ3n) is 7.29. The largest absolute Gasteiger partial charge is 0.417 e. The molecule has 200 valence electrons. The highest BCUT2D eigenvalue weighted by atomic mass is 19.4. The Kier molecular flexibility index (Phi) is 5.91. The summed E-state index contributed by atoms with van der Waals surface area (Å²) in [6.45, 7) is 0. The van der Waals surface area contributed by atoms with Crippen LogP contribution >= 0.6 is 0 Å². The topological polar surface area (TPSA) is 62.5 Å². The monoisotopic (exact) mass is 552 g/mol. The summed E-state index contributed by atoms with van der Waals surface area (Å²) in [6.07, 6.45) is -4.70. The number of nitriles is 1. The number of rotatable bonds is 3. The summed E-state index contributed by atoms with van der Waals surface area (Å²) in [4.78, 5) is 14.7. The van der Waals surface area contributed by atoms with E-state index in [1.165, 1.54) is 0 Å². The van der Waals surface area contributed by atoms with Crippen LogP contribution in [0.25, 0.3) is 66.5 Å². The molecule has 0 fully saturated rings. The van der Waals surface area contributed by atoms with Gasteiger partial charge in [0.1, 0.15) is 0 Å². The van der Waals surface area contributed by atoms with Crippen LogP contribution in [0.15, 0.2) is 115 Å². The minimum absolute atomic E-state index is 0.0563. The Morgan fingerprint density at radius 3 is 1.71 bits per heavy atom. The molecule has 7 heteroatoms. The Bertz CT molecular complexity index is 2170. The predicted molar refractivity (Wildman–Crippen MR) is 158 cm³/mol. The first-order valence-corrected chi connectivity index (χ1v) is 13.2. The standard InChI is InChI=1S/C35H19F3N4/c36-35(37,38)26-19-28-34(42-33(23-11-5-2-6-12-23)32(41-28)22-9-3-1-4-10-22)29-25-13-7-8-14-27(25)40-31(30(26)29)24-17-15-21(20-39)16-18-24/h1-19H. The van der Waals surface area contributed by atoms with Gasteiger partial charge in [0.2, 0.25) is 0 Å². The molecule has 0 radical (unpaired) electrons. The van der Waals surface area contributed by atoms with Crippen LogP contribution in [0.2, 0.25) is 0 Å². The Hall–Kier alpha value is -5.61. The number of alkyl halides is 3. The molecular weight excluding hydrogens is 533 g/mol. The number of hydrogen-bond donors (Lipinski definition) is 0. The Morgan fingerprint density at radius 2 is 1.10 bits per heavy atom. The molecule has 0 amide bonds. The Balaban J connectivity index is 1.70. The first-order chi connectivity index (χ1) is 20.4. The summed E-state index contributed by atoms with van der Waals surface area (Å²) in [5.74, 6) is 0. The van der Waals surface area contributed by atoms with Gasteiger partial charge in [-0.2, -0.15) is 18.4 Å². The molecule has 42 heavy (non-hydrogen) atoms. The normalized spacial score (nSPS) is 11.7. The van der Waals surface area contributed by atoms with Gasteiger partial charge in [0.15, 0.2) is 0 Å². The lowest BCUT2D eigenvalue weighted by Crippen LogP contribution is -2.09. The summed E-state index contributed by atoms with van der Waals surface area (Å²) >= 11 is 0. The quantitative estimate of drug-likeness (QED) is 0.205. The van der Waals surface area contributed by atoms with Crippen molar-refractivity contribution in [1.29, 1.82) is 5.26 Å². The van der Waals surface area contributed by atoms with E-state index in [1.807, 2.05) is 60.7 Å². The average Bonchev–Trinajstić information content (AvgIpc) is 3.03. The van der Waals surface area contributed by atoms with Crippen molar-refractivity contribution in [1.82, 2.24) is 15.0 Å². The lowest BCUT2D eigenvalue weighted by molar-refractivity contribution is -0.136.